The second-order valence-corrected chi connectivity index (χ2v) is 6.77. The summed E-state index contributed by atoms with van der Waals surface area (Å²) < 4.78 is 0.652. The first kappa shape index (κ1) is 16.5. The average molecular weight is 371 g/mol. The molecule has 0 bridgehead atoms. The predicted octanol–water partition coefficient (Wildman–Crippen LogP) is 0.461. The third-order valence-electron chi connectivity index (χ3n) is 4.32. The number of aromatic nitrogens is 4. The molecule has 1 fully saturated rings. The zero-order valence-electron chi connectivity index (χ0n) is 14.1. The molecule has 26 heavy (non-hydrogen) atoms. The lowest BCUT2D eigenvalue weighted by Crippen LogP contribution is -2.47. The molecular weight excluding hydrogens is 354 g/mol. The number of thiophene rings is 1. The fourth-order valence-corrected chi connectivity index (χ4v) is 3.63. The average Bonchev–Trinajstić information content (AvgIpc) is 3.17. The Bertz CT molecular complexity index is 990. The van der Waals surface area contributed by atoms with Gasteiger partial charge in [0.15, 0.2) is 11.5 Å². The number of carbonyl (C=O) groups excluding carboxylic acids is 1. The first-order valence-corrected chi connectivity index (χ1v) is 9.07. The van der Waals surface area contributed by atoms with E-state index < -0.39 is 0 Å². The highest BCUT2D eigenvalue weighted by Gasteiger charge is 2.21. The number of amides is 1. The zero-order chi connectivity index (χ0) is 18.1. The molecule has 9 nitrogen and oxygen atoms in total. The minimum Gasteiger partial charge on any atom is -0.354 e. The van der Waals surface area contributed by atoms with Crippen molar-refractivity contribution in [2.45, 2.75) is 0 Å². The van der Waals surface area contributed by atoms with Crippen LogP contribution in [0.2, 0.25) is 0 Å². The van der Waals surface area contributed by atoms with Gasteiger partial charge in [0.05, 0.1) is 5.52 Å². The van der Waals surface area contributed by atoms with Gasteiger partial charge in [-0.05, 0) is 23.6 Å². The normalized spacial score (nSPS) is 14.7. The molecule has 0 spiro atoms. The Morgan fingerprint density at radius 3 is 2.62 bits per heavy atom. The van der Waals surface area contributed by atoms with E-state index in [0.29, 0.717) is 29.4 Å². The molecule has 1 amide bonds. The van der Waals surface area contributed by atoms with E-state index in [2.05, 4.69) is 35.3 Å². The molecule has 10 heteroatoms. The maximum absolute atomic E-state index is 12.1. The number of aromatic amines is 1. The molecule has 3 aromatic rings. The number of H-pyrrole nitrogens is 1. The van der Waals surface area contributed by atoms with Gasteiger partial charge in [0.25, 0.3) is 11.5 Å². The molecule has 1 saturated heterocycles. The van der Waals surface area contributed by atoms with Gasteiger partial charge in [-0.2, -0.15) is 0 Å². The van der Waals surface area contributed by atoms with Gasteiger partial charge in [-0.1, -0.05) is 0 Å². The van der Waals surface area contributed by atoms with Crippen molar-refractivity contribution in [1.29, 1.82) is 0 Å². The predicted molar refractivity (Wildman–Crippen MR) is 100 cm³/mol. The lowest BCUT2D eigenvalue weighted by Gasteiger charge is -2.35. The fourth-order valence-electron chi connectivity index (χ4n) is 2.90. The van der Waals surface area contributed by atoms with E-state index in [9.17, 15) is 9.59 Å². The number of rotatable bonds is 3. The van der Waals surface area contributed by atoms with Crippen LogP contribution in [0.1, 0.15) is 10.5 Å². The van der Waals surface area contributed by atoms with Gasteiger partial charge in [-0.25, -0.2) is 4.98 Å². The number of carbonyl (C=O) groups is 1. The summed E-state index contributed by atoms with van der Waals surface area (Å²) in [7, 11) is 1.56. The van der Waals surface area contributed by atoms with Crippen LogP contribution in [0.3, 0.4) is 0 Å². The minimum absolute atomic E-state index is 0.0990. The standard InChI is InChI=1S/C16H17N7O2S/c1-17-14(24)11-2-3-12(21-20-11)22-5-7-23(8-6-22)16-18-10-4-9-26-13(10)15(25)19-16/h2-4,9H,5-8H2,1H3,(H,17,24)(H,18,19,25). The van der Waals surface area contributed by atoms with Crippen LogP contribution >= 0.6 is 11.3 Å². The minimum atomic E-state index is -0.257. The quantitative estimate of drug-likeness (QED) is 0.689. The molecule has 134 valence electrons. The van der Waals surface area contributed by atoms with Crippen LogP contribution in [0.5, 0.6) is 0 Å². The van der Waals surface area contributed by atoms with Gasteiger partial charge in [0.2, 0.25) is 5.95 Å². The highest BCUT2D eigenvalue weighted by Crippen LogP contribution is 2.19. The van der Waals surface area contributed by atoms with Crippen LogP contribution < -0.4 is 20.7 Å². The van der Waals surface area contributed by atoms with Crippen LogP contribution in [0, 0.1) is 0 Å². The monoisotopic (exact) mass is 371 g/mol. The molecule has 0 atom stereocenters. The van der Waals surface area contributed by atoms with Crippen molar-refractivity contribution in [2.75, 3.05) is 43.0 Å². The number of hydrogen-bond acceptors (Lipinski definition) is 8. The second kappa shape index (κ2) is 6.71. The van der Waals surface area contributed by atoms with E-state index in [4.69, 9.17) is 0 Å². The summed E-state index contributed by atoms with van der Waals surface area (Å²) in [5.41, 5.74) is 0.922. The van der Waals surface area contributed by atoms with E-state index in [1.165, 1.54) is 11.3 Å². The van der Waals surface area contributed by atoms with Gasteiger partial charge in [0.1, 0.15) is 4.70 Å². The lowest BCUT2D eigenvalue weighted by atomic mass is 10.3. The summed E-state index contributed by atoms with van der Waals surface area (Å²) in [6.07, 6.45) is 0. The molecule has 4 heterocycles. The Morgan fingerprint density at radius 1 is 1.15 bits per heavy atom. The highest BCUT2D eigenvalue weighted by molar-refractivity contribution is 7.17. The summed E-state index contributed by atoms with van der Waals surface area (Å²) in [4.78, 5) is 35.2. The number of piperazine rings is 1. The van der Waals surface area contributed by atoms with Crippen molar-refractivity contribution < 1.29 is 4.79 Å². The molecule has 0 unspecified atom stereocenters. The maximum Gasteiger partial charge on any atom is 0.271 e. The van der Waals surface area contributed by atoms with E-state index in [0.717, 1.165) is 24.4 Å². The third kappa shape index (κ3) is 2.99. The van der Waals surface area contributed by atoms with E-state index in [-0.39, 0.29) is 11.5 Å². The molecule has 0 radical (unpaired) electrons. The molecule has 0 saturated carbocycles. The van der Waals surface area contributed by atoms with Crippen molar-refractivity contribution >= 4 is 39.2 Å². The molecule has 0 aliphatic carbocycles. The SMILES string of the molecule is CNC(=O)c1ccc(N2CCN(c3nc4ccsc4c(=O)[nH]3)CC2)nn1. The van der Waals surface area contributed by atoms with Crippen molar-refractivity contribution in [3.8, 4) is 0 Å². The van der Waals surface area contributed by atoms with E-state index in [1.54, 1.807) is 19.2 Å². The molecule has 4 rings (SSSR count). The Labute approximate surface area is 152 Å². The smallest absolute Gasteiger partial charge is 0.271 e. The Kier molecular flexibility index (Phi) is 4.25. The number of nitrogens with one attached hydrogen (secondary N) is 2. The molecule has 3 aromatic heterocycles. The number of hydrogen-bond donors (Lipinski definition) is 2. The fraction of sp³-hybridized carbons (Fsp3) is 0.312. The van der Waals surface area contributed by atoms with Gasteiger partial charge < -0.3 is 15.1 Å². The summed E-state index contributed by atoms with van der Waals surface area (Å²) in [5, 5.41) is 12.5. The van der Waals surface area contributed by atoms with Crippen LogP contribution in [0.25, 0.3) is 10.2 Å². The highest BCUT2D eigenvalue weighted by atomic mass is 32.1. The summed E-state index contributed by atoms with van der Waals surface area (Å²) in [5.74, 6) is 1.07. The molecular formula is C16H17N7O2S. The van der Waals surface area contributed by atoms with E-state index in [1.807, 2.05) is 11.4 Å². The summed E-state index contributed by atoms with van der Waals surface area (Å²) in [6, 6.07) is 5.32. The molecule has 1 aliphatic rings. The Balaban J connectivity index is 1.46. The van der Waals surface area contributed by atoms with Crippen LogP contribution in [-0.2, 0) is 0 Å². The number of nitrogens with zero attached hydrogens (tertiary/aromatic N) is 5. The Hall–Kier alpha value is -3.01. The first-order chi connectivity index (χ1) is 12.7. The third-order valence-corrected chi connectivity index (χ3v) is 5.22. The first-order valence-electron chi connectivity index (χ1n) is 8.19. The molecule has 0 aromatic carbocycles. The van der Waals surface area contributed by atoms with Gasteiger partial charge in [-0.15, -0.1) is 21.5 Å². The molecule has 1 aliphatic heterocycles. The lowest BCUT2D eigenvalue weighted by molar-refractivity contribution is 0.0957. The Morgan fingerprint density at radius 2 is 1.92 bits per heavy atom. The van der Waals surface area contributed by atoms with Crippen molar-refractivity contribution in [3.05, 3.63) is 39.6 Å². The summed E-state index contributed by atoms with van der Waals surface area (Å²) >= 11 is 1.40. The zero-order valence-corrected chi connectivity index (χ0v) is 14.9. The van der Waals surface area contributed by atoms with Crippen LogP contribution in [-0.4, -0.2) is 59.3 Å². The van der Waals surface area contributed by atoms with Crippen LogP contribution in [0.15, 0.2) is 28.4 Å². The largest absolute Gasteiger partial charge is 0.354 e. The maximum atomic E-state index is 12.1. The van der Waals surface area contributed by atoms with Gasteiger partial charge in [-0.3, -0.25) is 14.6 Å². The number of anilines is 2. The van der Waals surface area contributed by atoms with E-state index >= 15 is 0 Å². The second-order valence-electron chi connectivity index (χ2n) is 5.85. The van der Waals surface area contributed by atoms with Crippen molar-refractivity contribution in [3.63, 3.8) is 0 Å². The van der Waals surface area contributed by atoms with Crippen molar-refractivity contribution in [1.82, 2.24) is 25.5 Å². The van der Waals surface area contributed by atoms with Crippen LogP contribution in [0.4, 0.5) is 11.8 Å². The topological polar surface area (TPSA) is 107 Å². The summed E-state index contributed by atoms with van der Waals surface area (Å²) in [6.45, 7) is 2.85. The van der Waals surface area contributed by atoms with Gasteiger partial charge in [0, 0.05) is 33.2 Å². The molecule has 2 N–H and O–H groups in total. The van der Waals surface area contributed by atoms with Crippen molar-refractivity contribution in [2.24, 2.45) is 0 Å². The number of fused-ring (bicyclic) bond motifs is 1. The van der Waals surface area contributed by atoms with Gasteiger partial charge >= 0.3 is 0 Å².